The summed E-state index contributed by atoms with van der Waals surface area (Å²) in [5, 5.41) is 9.66. The Balaban J connectivity index is 1.79. The Labute approximate surface area is 129 Å². The third kappa shape index (κ3) is 3.31. The van der Waals surface area contributed by atoms with Crippen LogP contribution in [-0.4, -0.2) is 42.3 Å². The molecular weight excluding hydrogens is 285 g/mol. The first kappa shape index (κ1) is 15.4. The zero-order chi connectivity index (χ0) is 15.5. The SMILES string of the molecule is O=C(O)C(c1ccc(F)cc1)N1CCOCC(C2CCC2)C1. The molecule has 1 N–H and O–H groups in total. The van der Waals surface area contributed by atoms with E-state index in [0.29, 0.717) is 30.6 Å². The Morgan fingerprint density at radius 1 is 1.27 bits per heavy atom. The molecular formula is C17H22FNO3. The topological polar surface area (TPSA) is 49.8 Å². The number of nitrogens with zero attached hydrogens (tertiary/aromatic N) is 1. The second-order valence-electron chi connectivity index (χ2n) is 6.31. The largest absolute Gasteiger partial charge is 0.480 e. The van der Waals surface area contributed by atoms with Crippen LogP contribution in [0.3, 0.4) is 0 Å². The smallest absolute Gasteiger partial charge is 0.325 e. The van der Waals surface area contributed by atoms with Gasteiger partial charge < -0.3 is 9.84 Å². The molecule has 0 amide bonds. The summed E-state index contributed by atoms with van der Waals surface area (Å²) in [6, 6.07) is 5.05. The van der Waals surface area contributed by atoms with Crippen LogP contribution in [-0.2, 0) is 9.53 Å². The van der Waals surface area contributed by atoms with Crippen molar-refractivity contribution < 1.29 is 19.0 Å². The first-order valence-electron chi connectivity index (χ1n) is 7.95. The fourth-order valence-electron chi connectivity index (χ4n) is 3.45. The minimum atomic E-state index is -0.888. The first-order chi connectivity index (χ1) is 10.6. The van der Waals surface area contributed by atoms with Gasteiger partial charge in [-0.3, -0.25) is 9.69 Å². The molecule has 1 saturated carbocycles. The van der Waals surface area contributed by atoms with E-state index < -0.39 is 12.0 Å². The fourth-order valence-corrected chi connectivity index (χ4v) is 3.45. The molecule has 4 nitrogen and oxygen atoms in total. The molecule has 2 fully saturated rings. The van der Waals surface area contributed by atoms with Gasteiger partial charge in [0.1, 0.15) is 11.9 Å². The summed E-state index contributed by atoms with van der Waals surface area (Å²) >= 11 is 0. The van der Waals surface area contributed by atoms with Crippen molar-refractivity contribution >= 4 is 5.97 Å². The maximum Gasteiger partial charge on any atom is 0.325 e. The lowest BCUT2D eigenvalue weighted by Gasteiger charge is -2.36. The van der Waals surface area contributed by atoms with Crippen LogP contribution < -0.4 is 0 Å². The summed E-state index contributed by atoms with van der Waals surface area (Å²) in [6.07, 6.45) is 3.70. The molecule has 0 radical (unpaired) electrons. The van der Waals surface area contributed by atoms with E-state index in [1.54, 1.807) is 12.1 Å². The van der Waals surface area contributed by atoms with E-state index in [4.69, 9.17) is 4.74 Å². The molecule has 1 saturated heterocycles. The van der Waals surface area contributed by atoms with E-state index in [2.05, 4.69) is 0 Å². The summed E-state index contributed by atoms with van der Waals surface area (Å²) in [7, 11) is 0. The quantitative estimate of drug-likeness (QED) is 0.929. The van der Waals surface area contributed by atoms with E-state index in [1.807, 2.05) is 4.90 Å². The molecule has 1 aromatic rings. The number of hydrogen-bond donors (Lipinski definition) is 1. The van der Waals surface area contributed by atoms with Crippen LogP contribution >= 0.6 is 0 Å². The monoisotopic (exact) mass is 307 g/mol. The van der Waals surface area contributed by atoms with E-state index in [1.165, 1.54) is 31.4 Å². The second kappa shape index (κ2) is 6.75. The van der Waals surface area contributed by atoms with Gasteiger partial charge in [0.25, 0.3) is 0 Å². The van der Waals surface area contributed by atoms with Crippen molar-refractivity contribution in [2.24, 2.45) is 11.8 Å². The number of halogens is 1. The van der Waals surface area contributed by atoms with E-state index in [0.717, 1.165) is 13.2 Å². The lowest BCUT2D eigenvalue weighted by Crippen LogP contribution is -2.40. The zero-order valence-corrected chi connectivity index (χ0v) is 12.6. The Bertz CT molecular complexity index is 515. The van der Waals surface area contributed by atoms with E-state index in [-0.39, 0.29) is 5.82 Å². The van der Waals surface area contributed by atoms with Gasteiger partial charge >= 0.3 is 5.97 Å². The van der Waals surface area contributed by atoms with Crippen LogP contribution in [0, 0.1) is 17.7 Å². The van der Waals surface area contributed by atoms with Gasteiger partial charge in [-0.1, -0.05) is 31.4 Å². The number of ether oxygens (including phenoxy) is 1. The lowest BCUT2D eigenvalue weighted by molar-refractivity contribution is -0.144. The maximum atomic E-state index is 13.1. The molecule has 1 aliphatic carbocycles. The maximum absolute atomic E-state index is 13.1. The first-order valence-corrected chi connectivity index (χ1v) is 7.95. The molecule has 120 valence electrons. The van der Waals surface area contributed by atoms with Crippen molar-refractivity contribution in [2.75, 3.05) is 26.3 Å². The number of benzene rings is 1. The molecule has 2 unspecified atom stereocenters. The molecule has 1 aliphatic heterocycles. The Hall–Kier alpha value is -1.46. The highest BCUT2D eigenvalue weighted by Crippen LogP contribution is 2.36. The standard InChI is InChI=1S/C17H22FNO3/c18-15-6-4-13(5-7-15)16(17(20)21)19-8-9-22-11-14(10-19)12-2-1-3-12/h4-7,12,14,16H,1-3,8-11H2,(H,20,21). The third-order valence-electron chi connectivity index (χ3n) is 4.93. The number of hydrogen-bond acceptors (Lipinski definition) is 3. The minimum Gasteiger partial charge on any atom is -0.480 e. The van der Waals surface area contributed by atoms with Gasteiger partial charge in [0.15, 0.2) is 0 Å². The van der Waals surface area contributed by atoms with Crippen LogP contribution in [0.2, 0.25) is 0 Å². The normalized spacial score (nSPS) is 25.2. The molecule has 2 atom stereocenters. The molecule has 2 aliphatic rings. The molecule has 0 spiro atoms. The highest BCUT2D eigenvalue weighted by Gasteiger charge is 2.35. The number of carboxylic acids is 1. The van der Waals surface area contributed by atoms with E-state index >= 15 is 0 Å². The van der Waals surface area contributed by atoms with E-state index in [9.17, 15) is 14.3 Å². The molecule has 0 aromatic heterocycles. The fraction of sp³-hybridized carbons (Fsp3) is 0.588. The van der Waals surface area contributed by atoms with Crippen molar-refractivity contribution in [3.05, 3.63) is 35.6 Å². The molecule has 1 aromatic carbocycles. The van der Waals surface area contributed by atoms with Crippen LogP contribution in [0.4, 0.5) is 4.39 Å². The van der Waals surface area contributed by atoms with Crippen LogP contribution in [0.1, 0.15) is 30.9 Å². The number of carbonyl (C=O) groups is 1. The van der Waals surface area contributed by atoms with Gasteiger partial charge in [-0.25, -0.2) is 4.39 Å². The molecule has 5 heteroatoms. The van der Waals surface area contributed by atoms with Crippen molar-refractivity contribution in [2.45, 2.75) is 25.3 Å². The highest BCUT2D eigenvalue weighted by atomic mass is 19.1. The summed E-state index contributed by atoms with van der Waals surface area (Å²) in [6.45, 7) is 2.60. The molecule has 3 rings (SSSR count). The highest BCUT2D eigenvalue weighted by molar-refractivity contribution is 5.75. The van der Waals surface area contributed by atoms with Crippen molar-refractivity contribution in [3.8, 4) is 0 Å². The van der Waals surface area contributed by atoms with Crippen molar-refractivity contribution in [1.82, 2.24) is 4.90 Å². The Morgan fingerprint density at radius 3 is 2.59 bits per heavy atom. The Kier molecular flexibility index (Phi) is 4.74. The lowest BCUT2D eigenvalue weighted by atomic mass is 9.76. The average molecular weight is 307 g/mol. The Morgan fingerprint density at radius 2 is 2.00 bits per heavy atom. The summed E-state index contributed by atoms with van der Waals surface area (Å²) in [4.78, 5) is 13.8. The van der Waals surface area contributed by atoms with Crippen LogP contribution in [0.5, 0.6) is 0 Å². The van der Waals surface area contributed by atoms with Gasteiger partial charge in [0.2, 0.25) is 0 Å². The van der Waals surface area contributed by atoms with Crippen molar-refractivity contribution in [3.63, 3.8) is 0 Å². The van der Waals surface area contributed by atoms with Gasteiger partial charge in [0, 0.05) is 13.1 Å². The predicted molar refractivity (Wildman–Crippen MR) is 80.0 cm³/mol. The third-order valence-corrected chi connectivity index (χ3v) is 4.93. The minimum absolute atomic E-state index is 0.348. The summed E-state index contributed by atoms with van der Waals surface area (Å²) in [5.41, 5.74) is 0.628. The number of rotatable bonds is 4. The van der Waals surface area contributed by atoms with Gasteiger partial charge in [0.05, 0.1) is 13.2 Å². The zero-order valence-electron chi connectivity index (χ0n) is 12.6. The molecule has 22 heavy (non-hydrogen) atoms. The molecule has 0 bridgehead atoms. The van der Waals surface area contributed by atoms with Gasteiger partial charge in [-0.15, -0.1) is 0 Å². The van der Waals surface area contributed by atoms with Crippen molar-refractivity contribution in [1.29, 1.82) is 0 Å². The number of carboxylic acid groups (broad SMARTS) is 1. The van der Waals surface area contributed by atoms with Gasteiger partial charge in [-0.05, 0) is 29.5 Å². The van der Waals surface area contributed by atoms with Gasteiger partial charge in [-0.2, -0.15) is 0 Å². The van der Waals surface area contributed by atoms with Crippen LogP contribution in [0.25, 0.3) is 0 Å². The number of aliphatic carboxylic acids is 1. The molecule has 1 heterocycles. The van der Waals surface area contributed by atoms with Crippen LogP contribution in [0.15, 0.2) is 24.3 Å². The average Bonchev–Trinajstić information content (AvgIpc) is 2.65. The predicted octanol–water partition coefficient (Wildman–Crippen LogP) is 2.70. The summed E-state index contributed by atoms with van der Waals surface area (Å²) < 4.78 is 18.8. The second-order valence-corrected chi connectivity index (χ2v) is 6.31. The summed E-state index contributed by atoms with van der Waals surface area (Å²) in [5.74, 6) is -0.179.